The highest BCUT2D eigenvalue weighted by Gasteiger charge is 2.13. The molecule has 1 amide bonds. The molecule has 0 aliphatic carbocycles. The van der Waals surface area contributed by atoms with E-state index in [2.05, 4.69) is 10.6 Å². The molecule has 0 spiro atoms. The Hall–Kier alpha value is -3.02. The second kappa shape index (κ2) is 10.7. The number of benzene rings is 3. The molecule has 0 fully saturated rings. The third-order valence-corrected chi connectivity index (χ3v) is 4.92. The molecular weight excluding hydrogens is 400 g/mol. The zero-order valence-corrected chi connectivity index (χ0v) is 17.8. The number of carbonyl (C=O) groups excluding carboxylic acids is 1. The number of halogens is 1. The van der Waals surface area contributed by atoms with E-state index < -0.39 is 0 Å². The molecule has 0 unspecified atom stereocenters. The molecule has 6 heteroatoms. The molecular formula is C24H25ClN2O3. The Balaban J connectivity index is 1.62. The summed E-state index contributed by atoms with van der Waals surface area (Å²) in [7, 11) is 1.58. The maximum absolute atomic E-state index is 12.3. The van der Waals surface area contributed by atoms with Gasteiger partial charge < -0.3 is 20.1 Å². The van der Waals surface area contributed by atoms with Crippen molar-refractivity contribution in [3.05, 3.63) is 88.4 Å². The van der Waals surface area contributed by atoms with Crippen molar-refractivity contribution in [2.75, 3.05) is 19.0 Å². The number of hydrogen-bond donors (Lipinski definition) is 2. The summed E-state index contributed by atoms with van der Waals surface area (Å²) in [6.45, 7) is 3.03. The summed E-state index contributed by atoms with van der Waals surface area (Å²) in [6, 6.07) is 21.0. The maximum atomic E-state index is 12.3. The molecule has 0 heterocycles. The summed E-state index contributed by atoms with van der Waals surface area (Å²) in [5, 5.41) is 6.92. The Labute approximate surface area is 182 Å². The third-order valence-electron chi connectivity index (χ3n) is 4.55. The van der Waals surface area contributed by atoms with E-state index in [1.165, 1.54) is 0 Å². The molecule has 0 bridgehead atoms. The van der Waals surface area contributed by atoms with Gasteiger partial charge in [-0.15, -0.1) is 0 Å². The highest BCUT2D eigenvalue weighted by atomic mass is 35.5. The van der Waals surface area contributed by atoms with Gasteiger partial charge in [-0.1, -0.05) is 59.6 Å². The smallest absolute Gasteiger partial charge is 0.262 e. The number of aryl methyl sites for hydroxylation is 1. The standard InChI is InChI=1S/C24H25ClN2O3/c1-17-10-12-20(13-11-17)27-23(28)16-30-24-19(7-5-9-22(24)29-2)15-26-14-18-6-3-4-8-21(18)25/h3-13,26H,14-16H2,1-2H3,(H,27,28). The van der Waals surface area contributed by atoms with Gasteiger partial charge in [-0.05, 0) is 36.8 Å². The Morgan fingerprint density at radius 1 is 0.933 bits per heavy atom. The van der Waals surface area contributed by atoms with Crippen molar-refractivity contribution in [3.63, 3.8) is 0 Å². The lowest BCUT2D eigenvalue weighted by atomic mass is 10.1. The van der Waals surface area contributed by atoms with Gasteiger partial charge in [-0.2, -0.15) is 0 Å². The van der Waals surface area contributed by atoms with E-state index in [-0.39, 0.29) is 12.5 Å². The third kappa shape index (κ3) is 5.99. The average molecular weight is 425 g/mol. The van der Waals surface area contributed by atoms with Gasteiger partial charge in [0.05, 0.1) is 7.11 Å². The molecule has 156 valence electrons. The van der Waals surface area contributed by atoms with E-state index in [9.17, 15) is 4.79 Å². The van der Waals surface area contributed by atoms with Gasteiger partial charge in [-0.3, -0.25) is 4.79 Å². The molecule has 0 aromatic heterocycles. The summed E-state index contributed by atoms with van der Waals surface area (Å²) < 4.78 is 11.3. The minimum absolute atomic E-state index is 0.119. The van der Waals surface area contributed by atoms with Crippen LogP contribution in [0.3, 0.4) is 0 Å². The average Bonchev–Trinajstić information content (AvgIpc) is 2.75. The second-order valence-electron chi connectivity index (χ2n) is 6.85. The summed E-state index contributed by atoms with van der Waals surface area (Å²) in [5.41, 5.74) is 3.77. The molecule has 3 aromatic rings. The molecule has 30 heavy (non-hydrogen) atoms. The minimum Gasteiger partial charge on any atom is -0.493 e. The molecule has 3 aromatic carbocycles. The Bertz CT molecular complexity index is 990. The normalized spacial score (nSPS) is 10.5. The zero-order valence-electron chi connectivity index (χ0n) is 17.1. The zero-order chi connectivity index (χ0) is 21.3. The van der Waals surface area contributed by atoms with Crippen LogP contribution in [0.4, 0.5) is 5.69 Å². The van der Waals surface area contributed by atoms with E-state index in [4.69, 9.17) is 21.1 Å². The maximum Gasteiger partial charge on any atom is 0.262 e. The van der Waals surface area contributed by atoms with Crippen LogP contribution in [0.15, 0.2) is 66.7 Å². The fourth-order valence-corrected chi connectivity index (χ4v) is 3.17. The second-order valence-corrected chi connectivity index (χ2v) is 7.25. The molecule has 0 aliphatic rings. The molecule has 0 saturated carbocycles. The largest absolute Gasteiger partial charge is 0.493 e. The first-order valence-electron chi connectivity index (χ1n) is 9.66. The Morgan fingerprint density at radius 2 is 1.63 bits per heavy atom. The molecule has 3 rings (SSSR count). The number of amides is 1. The van der Waals surface area contributed by atoms with Crippen molar-refractivity contribution >= 4 is 23.2 Å². The van der Waals surface area contributed by atoms with Gasteiger partial charge >= 0.3 is 0 Å². The van der Waals surface area contributed by atoms with Crippen molar-refractivity contribution in [1.29, 1.82) is 0 Å². The molecule has 0 aliphatic heterocycles. The lowest BCUT2D eigenvalue weighted by molar-refractivity contribution is -0.118. The van der Waals surface area contributed by atoms with Crippen molar-refractivity contribution in [2.45, 2.75) is 20.0 Å². The van der Waals surface area contributed by atoms with Crippen LogP contribution in [0.2, 0.25) is 5.02 Å². The van der Waals surface area contributed by atoms with E-state index in [1.807, 2.05) is 73.7 Å². The number of carbonyl (C=O) groups is 1. The Kier molecular flexibility index (Phi) is 7.71. The number of anilines is 1. The van der Waals surface area contributed by atoms with Gasteiger partial charge in [0.25, 0.3) is 5.91 Å². The summed E-state index contributed by atoms with van der Waals surface area (Å²) in [6.07, 6.45) is 0. The van der Waals surface area contributed by atoms with Gasteiger partial charge in [0.2, 0.25) is 0 Å². The highest BCUT2D eigenvalue weighted by Crippen LogP contribution is 2.31. The fraction of sp³-hybridized carbons (Fsp3) is 0.208. The van der Waals surface area contributed by atoms with Gasteiger partial charge in [0.1, 0.15) is 0 Å². The van der Waals surface area contributed by atoms with E-state index in [0.717, 1.165) is 27.4 Å². The van der Waals surface area contributed by atoms with Crippen LogP contribution in [-0.2, 0) is 17.9 Å². The van der Waals surface area contributed by atoms with Crippen LogP contribution >= 0.6 is 11.6 Å². The topological polar surface area (TPSA) is 59.6 Å². The van der Waals surface area contributed by atoms with Gasteiger partial charge in [-0.25, -0.2) is 0 Å². The van der Waals surface area contributed by atoms with Crippen molar-refractivity contribution in [2.24, 2.45) is 0 Å². The predicted molar refractivity (Wildman–Crippen MR) is 120 cm³/mol. The number of rotatable bonds is 9. The number of hydrogen-bond acceptors (Lipinski definition) is 4. The van der Waals surface area contributed by atoms with Crippen LogP contribution in [0, 0.1) is 6.92 Å². The Morgan fingerprint density at radius 3 is 2.37 bits per heavy atom. The van der Waals surface area contributed by atoms with Crippen molar-refractivity contribution < 1.29 is 14.3 Å². The van der Waals surface area contributed by atoms with Crippen molar-refractivity contribution in [1.82, 2.24) is 5.32 Å². The van der Waals surface area contributed by atoms with Crippen LogP contribution < -0.4 is 20.1 Å². The SMILES string of the molecule is COc1cccc(CNCc2ccccc2Cl)c1OCC(=O)Nc1ccc(C)cc1. The first-order valence-corrected chi connectivity index (χ1v) is 10.0. The van der Waals surface area contributed by atoms with Gasteiger partial charge in [0.15, 0.2) is 18.1 Å². The predicted octanol–water partition coefficient (Wildman–Crippen LogP) is 4.96. The summed E-state index contributed by atoms with van der Waals surface area (Å²) >= 11 is 6.22. The first kappa shape index (κ1) is 21.7. The van der Waals surface area contributed by atoms with Crippen LogP contribution in [0.1, 0.15) is 16.7 Å². The molecule has 0 atom stereocenters. The van der Waals surface area contributed by atoms with E-state index >= 15 is 0 Å². The van der Waals surface area contributed by atoms with Crippen LogP contribution in [0.25, 0.3) is 0 Å². The lowest BCUT2D eigenvalue weighted by Gasteiger charge is -2.16. The molecule has 0 radical (unpaired) electrons. The van der Waals surface area contributed by atoms with E-state index in [1.54, 1.807) is 7.11 Å². The summed E-state index contributed by atoms with van der Waals surface area (Å²) in [4.78, 5) is 12.3. The van der Waals surface area contributed by atoms with Crippen LogP contribution in [-0.4, -0.2) is 19.6 Å². The molecule has 5 nitrogen and oxygen atoms in total. The fourth-order valence-electron chi connectivity index (χ4n) is 2.97. The number of para-hydroxylation sites is 1. The first-order chi connectivity index (χ1) is 14.6. The van der Waals surface area contributed by atoms with Crippen LogP contribution in [0.5, 0.6) is 11.5 Å². The number of methoxy groups -OCH3 is 1. The minimum atomic E-state index is -0.236. The van der Waals surface area contributed by atoms with E-state index in [0.29, 0.717) is 24.6 Å². The summed E-state index contributed by atoms with van der Waals surface area (Å²) in [5.74, 6) is 0.889. The van der Waals surface area contributed by atoms with Gasteiger partial charge in [0, 0.05) is 29.4 Å². The molecule has 0 saturated heterocycles. The number of nitrogens with one attached hydrogen (secondary N) is 2. The molecule has 2 N–H and O–H groups in total. The van der Waals surface area contributed by atoms with Crippen molar-refractivity contribution in [3.8, 4) is 11.5 Å². The quantitative estimate of drug-likeness (QED) is 0.509. The highest BCUT2D eigenvalue weighted by molar-refractivity contribution is 6.31. The lowest BCUT2D eigenvalue weighted by Crippen LogP contribution is -2.21. The number of ether oxygens (including phenoxy) is 2. The monoisotopic (exact) mass is 424 g/mol.